The van der Waals surface area contributed by atoms with Crippen molar-refractivity contribution < 1.29 is 4.79 Å². The van der Waals surface area contributed by atoms with Gasteiger partial charge in [0.1, 0.15) is 0 Å². The molecule has 1 amide bonds. The van der Waals surface area contributed by atoms with E-state index in [4.69, 9.17) is 0 Å². The molecular weight excluding hydrogens is 256 g/mol. The molecule has 0 bridgehead atoms. The average Bonchev–Trinajstić information content (AvgIpc) is 2.81. The van der Waals surface area contributed by atoms with Crippen LogP contribution in [0.1, 0.15) is 48.8 Å². The first-order chi connectivity index (χ1) is 8.86. The number of likely N-dealkylation sites (tertiary alicyclic amines) is 1. The van der Waals surface area contributed by atoms with Crippen molar-refractivity contribution in [3.63, 3.8) is 0 Å². The largest absolute Gasteiger partial charge is 0.349 e. The maximum atomic E-state index is 12.2. The van der Waals surface area contributed by atoms with Crippen LogP contribution in [0.15, 0.2) is 11.4 Å². The molecule has 0 unspecified atom stereocenters. The van der Waals surface area contributed by atoms with Gasteiger partial charge in [-0.15, -0.1) is 11.3 Å². The van der Waals surface area contributed by atoms with E-state index in [0.717, 1.165) is 31.5 Å². The van der Waals surface area contributed by atoms with Crippen molar-refractivity contribution in [1.82, 2.24) is 10.2 Å². The summed E-state index contributed by atoms with van der Waals surface area (Å²) in [6, 6.07) is 2.37. The number of nitrogens with zero attached hydrogens (tertiary/aromatic N) is 1. The normalized spacial score (nSPS) is 18.5. The number of amides is 1. The zero-order chi connectivity index (χ0) is 14.0. The highest BCUT2D eigenvalue weighted by atomic mass is 32.1. The molecule has 2 rings (SSSR count). The summed E-state index contributed by atoms with van der Waals surface area (Å²) in [6.07, 6.45) is 2.11. The summed E-state index contributed by atoms with van der Waals surface area (Å²) < 4.78 is 0. The molecule has 1 aromatic heterocycles. The van der Waals surface area contributed by atoms with Crippen LogP contribution in [0.4, 0.5) is 0 Å². The molecule has 0 radical (unpaired) electrons. The van der Waals surface area contributed by atoms with E-state index in [1.54, 1.807) is 11.3 Å². The van der Waals surface area contributed by atoms with Crippen molar-refractivity contribution in [2.45, 2.75) is 45.1 Å². The molecule has 0 atom stereocenters. The van der Waals surface area contributed by atoms with Crippen LogP contribution in [0.5, 0.6) is 0 Å². The van der Waals surface area contributed by atoms with Crippen LogP contribution in [0.3, 0.4) is 0 Å². The maximum absolute atomic E-state index is 12.2. The van der Waals surface area contributed by atoms with E-state index in [0.29, 0.717) is 6.04 Å². The zero-order valence-electron chi connectivity index (χ0n) is 12.3. The fraction of sp³-hybridized carbons (Fsp3) is 0.667. The summed E-state index contributed by atoms with van der Waals surface area (Å²) in [5.41, 5.74) is 0.936. The van der Waals surface area contributed by atoms with Gasteiger partial charge in [0.05, 0.1) is 5.56 Å². The topological polar surface area (TPSA) is 32.3 Å². The van der Waals surface area contributed by atoms with Gasteiger partial charge in [-0.2, -0.15) is 0 Å². The summed E-state index contributed by atoms with van der Waals surface area (Å²) in [4.78, 5) is 15.8. The Labute approximate surface area is 120 Å². The third-order valence-corrected chi connectivity index (χ3v) is 5.01. The number of piperidine rings is 1. The van der Waals surface area contributed by atoms with Crippen LogP contribution in [0.25, 0.3) is 0 Å². The van der Waals surface area contributed by atoms with Crippen LogP contribution in [-0.4, -0.2) is 37.0 Å². The van der Waals surface area contributed by atoms with Crippen LogP contribution in [0.2, 0.25) is 0 Å². The smallest absolute Gasteiger partial charge is 0.252 e. The summed E-state index contributed by atoms with van der Waals surface area (Å²) in [5.74, 6) is 0.0845. The van der Waals surface area contributed by atoms with Gasteiger partial charge in [-0.25, -0.2) is 0 Å². The number of hydrogen-bond acceptors (Lipinski definition) is 3. The Hall–Kier alpha value is -0.870. The second-order valence-corrected chi connectivity index (χ2v) is 7.41. The average molecular weight is 280 g/mol. The molecular formula is C15H24N2OS. The van der Waals surface area contributed by atoms with E-state index >= 15 is 0 Å². The van der Waals surface area contributed by atoms with Gasteiger partial charge in [-0.3, -0.25) is 4.79 Å². The molecule has 2 heterocycles. The monoisotopic (exact) mass is 280 g/mol. The molecule has 1 fully saturated rings. The molecule has 1 aliphatic rings. The minimum absolute atomic E-state index is 0.0845. The predicted molar refractivity (Wildman–Crippen MR) is 81.0 cm³/mol. The Morgan fingerprint density at radius 1 is 1.37 bits per heavy atom. The van der Waals surface area contributed by atoms with E-state index < -0.39 is 0 Å². The summed E-state index contributed by atoms with van der Waals surface area (Å²) >= 11 is 1.68. The van der Waals surface area contributed by atoms with Crippen LogP contribution in [-0.2, 0) is 5.41 Å². The second-order valence-electron chi connectivity index (χ2n) is 6.50. The second kappa shape index (κ2) is 5.63. The Morgan fingerprint density at radius 2 is 2.00 bits per heavy atom. The first-order valence-electron chi connectivity index (χ1n) is 6.94. The fourth-order valence-electron chi connectivity index (χ4n) is 2.27. The molecule has 1 saturated heterocycles. The van der Waals surface area contributed by atoms with Crippen molar-refractivity contribution in [3.05, 3.63) is 21.9 Å². The number of rotatable bonds is 2. The van der Waals surface area contributed by atoms with E-state index in [1.165, 1.54) is 4.88 Å². The highest BCUT2D eigenvalue weighted by molar-refractivity contribution is 7.10. The van der Waals surface area contributed by atoms with Crippen LogP contribution in [0, 0.1) is 0 Å². The van der Waals surface area contributed by atoms with Gasteiger partial charge in [-0.05, 0) is 44.5 Å². The lowest BCUT2D eigenvalue weighted by Gasteiger charge is -2.29. The van der Waals surface area contributed by atoms with Gasteiger partial charge in [0, 0.05) is 16.3 Å². The molecule has 3 nitrogen and oxygen atoms in total. The van der Waals surface area contributed by atoms with E-state index in [9.17, 15) is 4.79 Å². The molecule has 1 aliphatic heterocycles. The lowest BCUT2D eigenvalue weighted by atomic mass is 9.94. The number of carbonyl (C=O) groups is 1. The Bertz CT molecular complexity index is 439. The quantitative estimate of drug-likeness (QED) is 0.903. The van der Waals surface area contributed by atoms with Crippen molar-refractivity contribution >= 4 is 17.2 Å². The van der Waals surface area contributed by atoms with Gasteiger partial charge in [0.15, 0.2) is 0 Å². The number of thiophene rings is 1. The third-order valence-electron chi connectivity index (χ3n) is 3.65. The standard InChI is InChI=1S/C15H24N2OS/c1-15(2,3)13-9-11(10-19-13)14(18)16-12-5-7-17(4)8-6-12/h9-10,12H,5-8H2,1-4H3,(H,16,18). The molecule has 4 heteroatoms. The van der Waals surface area contributed by atoms with Crippen molar-refractivity contribution in [1.29, 1.82) is 0 Å². The summed E-state index contributed by atoms with van der Waals surface area (Å²) in [6.45, 7) is 8.68. The molecule has 19 heavy (non-hydrogen) atoms. The number of carbonyl (C=O) groups excluding carboxylic acids is 1. The fourth-order valence-corrected chi connectivity index (χ4v) is 3.25. The van der Waals surface area contributed by atoms with Crippen molar-refractivity contribution in [3.8, 4) is 0 Å². The summed E-state index contributed by atoms with van der Waals surface area (Å²) in [7, 11) is 2.13. The maximum Gasteiger partial charge on any atom is 0.252 e. The minimum Gasteiger partial charge on any atom is -0.349 e. The Morgan fingerprint density at radius 3 is 2.53 bits per heavy atom. The lowest BCUT2D eigenvalue weighted by molar-refractivity contribution is 0.0917. The molecule has 1 N–H and O–H groups in total. The Balaban J connectivity index is 1.95. The highest BCUT2D eigenvalue weighted by Crippen LogP contribution is 2.28. The lowest BCUT2D eigenvalue weighted by Crippen LogP contribution is -2.43. The van der Waals surface area contributed by atoms with Gasteiger partial charge in [0.25, 0.3) is 5.91 Å². The van der Waals surface area contributed by atoms with Gasteiger partial charge in [-0.1, -0.05) is 20.8 Å². The van der Waals surface area contributed by atoms with Gasteiger partial charge < -0.3 is 10.2 Å². The van der Waals surface area contributed by atoms with Gasteiger partial charge in [0.2, 0.25) is 0 Å². The van der Waals surface area contributed by atoms with Crippen molar-refractivity contribution in [2.75, 3.05) is 20.1 Å². The molecule has 0 saturated carbocycles. The zero-order valence-corrected chi connectivity index (χ0v) is 13.1. The highest BCUT2D eigenvalue weighted by Gasteiger charge is 2.21. The van der Waals surface area contributed by atoms with E-state index in [1.807, 2.05) is 11.4 Å². The molecule has 1 aromatic rings. The van der Waals surface area contributed by atoms with E-state index in [-0.39, 0.29) is 11.3 Å². The SMILES string of the molecule is CN1CCC(NC(=O)c2csc(C(C)(C)C)c2)CC1. The first-order valence-corrected chi connectivity index (χ1v) is 7.82. The van der Waals surface area contributed by atoms with Gasteiger partial charge >= 0.3 is 0 Å². The first kappa shape index (κ1) is 14.5. The number of hydrogen-bond donors (Lipinski definition) is 1. The molecule has 0 spiro atoms. The third kappa shape index (κ3) is 3.80. The van der Waals surface area contributed by atoms with E-state index in [2.05, 4.69) is 38.0 Å². The molecule has 0 aromatic carbocycles. The molecule has 106 valence electrons. The number of nitrogens with one attached hydrogen (secondary N) is 1. The molecule has 0 aliphatic carbocycles. The van der Waals surface area contributed by atoms with Crippen LogP contribution >= 0.6 is 11.3 Å². The Kier molecular flexibility index (Phi) is 4.31. The summed E-state index contributed by atoms with van der Waals surface area (Å²) in [5, 5.41) is 5.14. The van der Waals surface area contributed by atoms with Crippen molar-refractivity contribution in [2.24, 2.45) is 0 Å². The minimum atomic E-state index is 0.0845. The predicted octanol–water partition coefficient (Wildman–Crippen LogP) is 2.87. The van der Waals surface area contributed by atoms with Crippen LogP contribution < -0.4 is 5.32 Å².